The van der Waals surface area contributed by atoms with Gasteiger partial charge in [0.05, 0.1) is 6.04 Å². The van der Waals surface area contributed by atoms with Crippen LogP contribution in [0, 0.1) is 11.8 Å². The summed E-state index contributed by atoms with van der Waals surface area (Å²) in [6.07, 6.45) is 7.06. The third kappa shape index (κ3) is 7.09. The van der Waals surface area contributed by atoms with Gasteiger partial charge in [0.25, 0.3) is 0 Å². The highest BCUT2D eigenvalue weighted by molar-refractivity contribution is 5.91. The average Bonchev–Trinajstić information content (AvgIpc) is 2.54. The molecule has 25 heavy (non-hydrogen) atoms. The van der Waals surface area contributed by atoms with Crippen molar-refractivity contribution in [3.8, 4) is 0 Å². The van der Waals surface area contributed by atoms with Crippen molar-refractivity contribution in [2.75, 3.05) is 6.54 Å². The summed E-state index contributed by atoms with van der Waals surface area (Å²) in [5.41, 5.74) is 5.86. The van der Waals surface area contributed by atoms with E-state index in [-0.39, 0.29) is 35.6 Å². The smallest absolute Gasteiger partial charge is 0.247 e. The molecule has 0 bridgehead atoms. The highest BCUT2D eigenvalue weighted by Gasteiger charge is 2.25. The molecule has 3 atom stereocenters. The number of nitrogens with two attached hydrogens (primary N) is 1. The Kier molecular flexibility index (Phi) is 8.34. The van der Waals surface area contributed by atoms with Gasteiger partial charge in [-0.25, -0.2) is 0 Å². The Morgan fingerprint density at radius 3 is 2.52 bits per heavy atom. The van der Waals surface area contributed by atoms with Crippen molar-refractivity contribution in [2.24, 2.45) is 17.6 Å². The summed E-state index contributed by atoms with van der Waals surface area (Å²) in [6, 6.07) is -1.80. The Balaban J connectivity index is 2.95. The van der Waals surface area contributed by atoms with Crippen molar-refractivity contribution in [3.05, 3.63) is 24.3 Å². The van der Waals surface area contributed by atoms with Gasteiger partial charge in [-0.05, 0) is 18.3 Å². The highest BCUT2D eigenvalue weighted by Crippen LogP contribution is 2.06. The lowest BCUT2D eigenvalue weighted by Gasteiger charge is -2.24. The van der Waals surface area contributed by atoms with Crippen molar-refractivity contribution in [1.29, 1.82) is 0 Å². The van der Waals surface area contributed by atoms with Crippen LogP contribution in [0.1, 0.15) is 34.1 Å². The van der Waals surface area contributed by atoms with E-state index in [0.717, 1.165) is 0 Å². The molecule has 1 aliphatic rings. The molecule has 0 aliphatic carbocycles. The Morgan fingerprint density at radius 1 is 1.24 bits per heavy atom. The maximum atomic E-state index is 12.6. The summed E-state index contributed by atoms with van der Waals surface area (Å²) in [7, 11) is 0. The standard InChI is InChI=1S/C18H30N4O3/c1-11(2)13-8-9-15(23)20-10-6-5-7-14(17(24)21-13)22-18(25)16(19)12(3)4/h5,7-9,11-14,16H,6,10,19H2,1-4H3,(H,20,23)(H,21,24)(H,22,25)/b7-5+,9-8+/t13-,14+,16+/m1/s1. The molecule has 0 saturated heterocycles. The third-order valence-corrected chi connectivity index (χ3v) is 4.02. The fraction of sp³-hybridized carbons (Fsp3) is 0.611. The SMILES string of the molecule is CC(C)[C@H](N)C(=O)N[C@H]1/C=C/CCNC(=O)/C=C/[C@H](C(C)C)NC1=O. The molecule has 0 aromatic heterocycles. The quantitative estimate of drug-likeness (QED) is 0.543. The number of rotatable bonds is 4. The Hall–Kier alpha value is -2.15. The molecule has 7 heteroatoms. The first kappa shape index (κ1) is 20.9. The van der Waals surface area contributed by atoms with Gasteiger partial charge in [-0.1, -0.05) is 45.9 Å². The summed E-state index contributed by atoms with van der Waals surface area (Å²) in [6.45, 7) is 8.04. The van der Waals surface area contributed by atoms with E-state index in [1.165, 1.54) is 6.08 Å². The van der Waals surface area contributed by atoms with Crippen LogP contribution in [0.15, 0.2) is 24.3 Å². The van der Waals surface area contributed by atoms with E-state index in [9.17, 15) is 14.4 Å². The molecule has 1 heterocycles. The molecule has 7 nitrogen and oxygen atoms in total. The van der Waals surface area contributed by atoms with Crippen molar-refractivity contribution < 1.29 is 14.4 Å². The molecule has 0 radical (unpaired) electrons. The summed E-state index contributed by atoms with van der Waals surface area (Å²) < 4.78 is 0. The van der Waals surface area contributed by atoms with Crippen molar-refractivity contribution >= 4 is 17.7 Å². The monoisotopic (exact) mass is 350 g/mol. The number of hydrogen-bond acceptors (Lipinski definition) is 4. The fourth-order valence-electron chi connectivity index (χ4n) is 2.21. The van der Waals surface area contributed by atoms with Gasteiger partial charge in [0.2, 0.25) is 17.7 Å². The molecular formula is C18H30N4O3. The molecule has 0 spiro atoms. The molecule has 0 fully saturated rings. The van der Waals surface area contributed by atoms with Crippen molar-refractivity contribution in [3.63, 3.8) is 0 Å². The van der Waals surface area contributed by atoms with E-state index in [1.54, 1.807) is 18.2 Å². The topological polar surface area (TPSA) is 113 Å². The van der Waals surface area contributed by atoms with Crippen LogP contribution in [0.5, 0.6) is 0 Å². The van der Waals surface area contributed by atoms with Crippen molar-refractivity contribution in [1.82, 2.24) is 16.0 Å². The van der Waals surface area contributed by atoms with Gasteiger partial charge in [-0.2, -0.15) is 0 Å². The normalized spacial score (nSPS) is 26.0. The molecule has 5 N–H and O–H groups in total. The molecule has 140 valence electrons. The van der Waals surface area contributed by atoms with Gasteiger partial charge in [0.1, 0.15) is 6.04 Å². The van der Waals surface area contributed by atoms with E-state index in [0.29, 0.717) is 13.0 Å². The third-order valence-electron chi connectivity index (χ3n) is 4.02. The lowest BCUT2D eigenvalue weighted by atomic mass is 10.0. The van der Waals surface area contributed by atoms with E-state index < -0.39 is 12.1 Å². The van der Waals surface area contributed by atoms with Gasteiger partial charge in [-0.15, -0.1) is 0 Å². The van der Waals surface area contributed by atoms with Crippen LogP contribution < -0.4 is 21.7 Å². The Bertz CT molecular complexity index is 540. The molecule has 0 aromatic carbocycles. The molecular weight excluding hydrogens is 320 g/mol. The zero-order valence-electron chi connectivity index (χ0n) is 15.4. The van der Waals surface area contributed by atoms with Crippen LogP contribution in [0.3, 0.4) is 0 Å². The first-order chi connectivity index (χ1) is 11.7. The number of amides is 3. The first-order valence-corrected chi connectivity index (χ1v) is 8.71. The van der Waals surface area contributed by atoms with E-state index >= 15 is 0 Å². The molecule has 0 unspecified atom stereocenters. The molecule has 0 aromatic rings. The summed E-state index contributed by atoms with van der Waals surface area (Å²) in [4.78, 5) is 36.5. The number of carbonyl (C=O) groups is 3. The van der Waals surface area contributed by atoms with E-state index in [1.807, 2.05) is 27.7 Å². The minimum absolute atomic E-state index is 0.0279. The van der Waals surface area contributed by atoms with Gasteiger partial charge >= 0.3 is 0 Å². The van der Waals surface area contributed by atoms with E-state index in [2.05, 4.69) is 16.0 Å². The van der Waals surface area contributed by atoms with Crippen LogP contribution >= 0.6 is 0 Å². The lowest BCUT2D eigenvalue weighted by Crippen LogP contribution is -2.54. The van der Waals surface area contributed by atoms with Crippen LogP contribution in [0.25, 0.3) is 0 Å². The maximum Gasteiger partial charge on any atom is 0.247 e. The highest BCUT2D eigenvalue weighted by atomic mass is 16.2. The Morgan fingerprint density at radius 2 is 1.92 bits per heavy atom. The number of nitrogens with one attached hydrogen (secondary N) is 3. The first-order valence-electron chi connectivity index (χ1n) is 8.71. The van der Waals surface area contributed by atoms with E-state index in [4.69, 9.17) is 5.73 Å². The predicted octanol–water partition coefficient (Wildman–Crippen LogP) is 0.228. The maximum absolute atomic E-state index is 12.6. The van der Waals surface area contributed by atoms with Crippen LogP contribution in [0.4, 0.5) is 0 Å². The summed E-state index contributed by atoms with van der Waals surface area (Å²) in [5.74, 6) is -0.822. The lowest BCUT2D eigenvalue weighted by molar-refractivity contribution is -0.129. The summed E-state index contributed by atoms with van der Waals surface area (Å²) >= 11 is 0. The Labute approximate surface area is 149 Å². The van der Waals surface area contributed by atoms with Gasteiger partial charge in [0.15, 0.2) is 0 Å². The molecule has 3 amide bonds. The second-order valence-corrected chi connectivity index (χ2v) is 6.90. The van der Waals surface area contributed by atoms with Gasteiger partial charge in [0, 0.05) is 18.7 Å². The molecule has 0 saturated carbocycles. The molecule has 1 rings (SSSR count). The average molecular weight is 350 g/mol. The number of hydrogen-bond donors (Lipinski definition) is 4. The van der Waals surface area contributed by atoms with Gasteiger partial charge in [-0.3, -0.25) is 14.4 Å². The number of carbonyl (C=O) groups excluding carboxylic acids is 3. The second-order valence-electron chi connectivity index (χ2n) is 6.90. The minimum Gasteiger partial charge on any atom is -0.352 e. The van der Waals surface area contributed by atoms with Crippen LogP contribution in [-0.4, -0.2) is 42.4 Å². The zero-order chi connectivity index (χ0) is 19.0. The zero-order valence-corrected chi connectivity index (χ0v) is 15.4. The van der Waals surface area contributed by atoms with Gasteiger partial charge < -0.3 is 21.7 Å². The second kappa shape index (κ2) is 9.98. The summed E-state index contributed by atoms with van der Waals surface area (Å²) in [5, 5.41) is 8.32. The molecule has 1 aliphatic heterocycles. The van der Waals surface area contributed by atoms with Crippen LogP contribution in [0.2, 0.25) is 0 Å². The largest absolute Gasteiger partial charge is 0.352 e. The van der Waals surface area contributed by atoms with Crippen molar-refractivity contribution in [2.45, 2.75) is 52.2 Å². The fourth-order valence-corrected chi connectivity index (χ4v) is 2.21. The predicted molar refractivity (Wildman–Crippen MR) is 97.4 cm³/mol. The van der Waals surface area contributed by atoms with Crippen LogP contribution in [-0.2, 0) is 14.4 Å². The minimum atomic E-state index is -0.804.